The van der Waals surface area contributed by atoms with E-state index >= 15 is 0 Å². The van der Waals surface area contributed by atoms with Crippen LogP contribution in [-0.4, -0.2) is 4.98 Å². The fraction of sp³-hybridized carbons (Fsp3) is 0.182. The SMILES string of the molecule is Cc1ccc(Nc2nc(CCl)cs2)cc1.Cl. The summed E-state index contributed by atoms with van der Waals surface area (Å²) in [5.41, 5.74) is 3.22. The Bertz CT molecular complexity index is 440. The molecule has 0 bridgehead atoms. The van der Waals surface area contributed by atoms with E-state index in [2.05, 4.69) is 29.4 Å². The number of nitrogens with one attached hydrogen (secondary N) is 1. The lowest BCUT2D eigenvalue weighted by Gasteiger charge is -2.01. The molecule has 5 heteroatoms. The summed E-state index contributed by atoms with van der Waals surface area (Å²) in [7, 11) is 0. The zero-order valence-corrected chi connectivity index (χ0v) is 11.1. The Morgan fingerprint density at radius 3 is 2.56 bits per heavy atom. The van der Waals surface area contributed by atoms with Crippen LogP contribution in [0.5, 0.6) is 0 Å². The molecule has 0 unspecified atom stereocenters. The fourth-order valence-corrected chi connectivity index (χ4v) is 2.14. The first-order valence-corrected chi connectivity index (χ1v) is 6.03. The van der Waals surface area contributed by atoms with E-state index in [4.69, 9.17) is 11.6 Å². The molecular formula is C11H12Cl2N2S. The van der Waals surface area contributed by atoms with Crippen molar-refractivity contribution in [2.24, 2.45) is 0 Å². The molecule has 0 spiro atoms. The second-order valence-electron chi connectivity index (χ2n) is 3.27. The highest BCUT2D eigenvalue weighted by atomic mass is 35.5. The maximum atomic E-state index is 5.68. The second kappa shape index (κ2) is 6.09. The number of aromatic nitrogens is 1. The average molecular weight is 275 g/mol. The maximum absolute atomic E-state index is 5.68. The monoisotopic (exact) mass is 274 g/mol. The summed E-state index contributed by atoms with van der Waals surface area (Å²) < 4.78 is 0. The summed E-state index contributed by atoms with van der Waals surface area (Å²) in [5, 5.41) is 6.08. The predicted octanol–water partition coefficient (Wildman–Crippen LogP) is 4.36. The minimum Gasteiger partial charge on any atom is -0.332 e. The highest BCUT2D eigenvalue weighted by Gasteiger charge is 2.00. The van der Waals surface area contributed by atoms with Gasteiger partial charge in [0, 0.05) is 11.1 Å². The third kappa shape index (κ3) is 3.37. The summed E-state index contributed by atoms with van der Waals surface area (Å²) in [5.74, 6) is 0.464. The number of benzene rings is 1. The van der Waals surface area contributed by atoms with Crippen molar-refractivity contribution in [3.8, 4) is 0 Å². The van der Waals surface area contributed by atoms with Crippen LogP contribution in [0.15, 0.2) is 29.6 Å². The summed E-state index contributed by atoms with van der Waals surface area (Å²) in [6, 6.07) is 8.21. The van der Waals surface area contributed by atoms with E-state index < -0.39 is 0 Å². The first-order valence-electron chi connectivity index (χ1n) is 4.62. The summed E-state index contributed by atoms with van der Waals surface area (Å²) in [6.45, 7) is 2.07. The van der Waals surface area contributed by atoms with E-state index in [-0.39, 0.29) is 12.4 Å². The number of anilines is 2. The highest BCUT2D eigenvalue weighted by molar-refractivity contribution is 7.13. The Hall–Kier alpha value is -0.770. The molecule has 2 aromatic rings. The van der Waals surface area contributed by atoms with Gasteiger partial charge in [-0.3, -0.25) is 0 Å². The van der Waals surface area contributed by atoms with Gasteiger partial charge in [-0.15, -0.1) is 35.3 Å². The van der Waals surface area contributed by atoms with Crippen molar-refractivity contribution in [3.63, 3.8) is 0 Å². The molecule has 0 aliphatic heterocycles. The van der Waals surface area contributed by atoms with Crippen molar-refractivity contribution in [1.82, 2.24) is 4.98 Å². The molecule has 0 radical (unpaired) electrons. The van der Waals surface area contributed by atoms with Gasteiger partial charge in [-0.05, 0) is 19.1 Å². The zero-order chi connectivity index (χ0) is 10.7. The normalized spacial score (nSPS) is 9.62. The van der Waals surface area contributed by atoms with Crippen molar-refractivity contribution in [1.29, 1.82) is 0 Å². The molecule has 1 heterocycles. The standard InChI is InChI=1S/C11H11ClN2S.ClH/c1-8-2-4-9(5-3-8)13-11-14-10(6-12)7-15-11;/h2-5,7H,6H2,1H3,(H,13,14);1H. The molecule has 16 heavy (non-hydrogen) atoms. The number of alkyl halides is 1. The number of thiazole rings is 1. The third-order valence-electron chi connectivity index (χ3n) is 1.99. The van der Waals surface area contributed by atoms with Gasteiger partial charge in [0.15, 0.2) is 5.13 Å². The molecule has 1 aromatic carbocycles. The van der Waals surface area contributed by atoms with E-state index in [1.807, 2.05) is 17.5 Å². The van der Waals surface area contributed by atoms with Crippen LogP contribution in [0.3, 0.4) is 0 Å². The van der Waals surface area contributed by atoms with Gasteiger partial charge in [-0.2, -0.15) is 0 Å². The van der Waals surface area contributed by atoms with Crippen LogP contribution >= 0.6 is 35.3 Å². The van der Waals surface area contributed by atoms with Crippen molar-refractivity contribution in [2.45, 2.75) is 12.8 Å². The predicted molar refractivity (Wildman–Crippen MR) is 73.4 cm³/mol. The number of aryl methyl sites for hydroxylation is 1. The van der Waals surface area contributed by atoms with Crippen molar-refractivity contribution < 1.29 is 0 Å². The van der Waals surface area contributed by atoms with Crippen molar-refractivity contribution in [3.05, 3.63) is 40.9 Å². The molecule has 1 aromatic heterocycles. The number of hydrogen-bond donors (Lipinski definition) is 1. The lowest BCUT2D eigenvalue weighted by atomic mass is 10.2. The Balaban J connectivity index is 0.00000128. The van der Waals surface area contributed by atoms with E-state index in [1.165, 1.54) is 5.56 Å². The number of halogens is 2. The first-order chi connectivity index (χ1) is 7.28. The molecule has 0 saturated carbocycles. The molecule has 0 amide bonds. The van der Waals surface area contributed by atoms with Gasteiger partial charge in [0.05, 0.1) is 11.6 Å². The van der Waals surface area contributed by atoms with E-state index in [0.717, 1.165) is 16.5 Å². The molecular weight excluding hydrogens is 263 g/mol. The van der Waals surface area contributed by atoms with Crippen LogP contribution in [-0.2, 0) is 5.88 Å². The van der Waals surface area contributed by atoms with Crippen LogP contribution in [0.1, 0.15) is 11.3 Å². The van der Waals surface area contributed by atoms with Gasteiger partial charge in [0.2, 0.25) is 0 Å². The minimum atomic E-state index is 0. The van der Waals surface area contributed by atoms with Gasteiger partial charge in [0.1, 0.15) is 0 Å². The molecule has 86 valence electrons. The third-order valence-corrected chi connectivity index (χ3v) is 3.07. The van der Waals surface area contributed by atoms with Crippen molar-refractivity contribution >= 4 is 46.2 Å². The second-order valence-corrected chi connectivity index (χ2v) is 4.39. The van der Waals surface area contributed by atoms with E-state index in [1.54, 1.807) is 11.3 Å². The largest absolute Gasteiger partial charge is 0.332 e. The molecule has 2 rings (SSSR count). The van der Waals surface area contributed by atoms with Gasteiger partial charge < -0.3 is 5.32 Å². The highest BCUT2D eigenvalue weighted by Crippen LogP contribution is 2.21. The van der Waals surface area contributed by atoms with E-state index in [0.29, 0.717) is 5.88 Å². The smallest absolute Gasteiger partial charge is 0.187 e. The lowest BCUT2D eigenvalue weighted by molar-refractivity contribution is 1.22. The maximum Gasteiger partial charge on any atom is 0.187 e. The Morgan fingerprint density at radius 2 is 2.00 bits per heavy atom. The molecule has 0 atom stereocenters. The molecule has 0 saturated heterocycles. The summed E-state index contributed by atoms with van der Waals surface area (Å²) >= 11 is 7.25. The van der Waals surface area contributed by atoms with Crippen molar-refractivity contribution in [2.75, 3.05) is 5.32 Å². The lowest BCUT2D eigenvalue weighted by Crippen LogP contribution is -1.89. The zero-order valence-electron chi connectivity index (χ0n) is 8.74. The number of nitrogens with zero attached hydrogens (tertiary/aromatic N) is 1. The van der Waals surface area contributed by atoms with Crippen LogP contribution in [0.25, 0.3) is 0 Å². The minimum absolute atomic E-state index is 0. The Morgan fingerprint density at radius 1 is 1.31 bits per heavy atom. The topological polar surface area (TPSA) is 24.9 Å². The first kappa shape index (κ1) is 13.3. The average Bonchev–Trinajstić information content (AvgIpc) is 2.69. The van der Waals surface area contributed by atoms with Gasteiger partial charge in [-0.1, -0.05) is 17.7 Å². The van der Waals surface area contributed by atoms with Crippen LogP contribution in [0.4, 0.5) is 10.8 Å². The van der Waals surface area contributed by atoms with Gasteiger partial charge in [0.25, 0.3) is 0 Å². The van der Waals surface area contributed by atoms with Gasteiger partial charge >= 0.3 is 0 Å². The molecule has 0 fully saturated rings. The molecule has 0 aliphatic rings. The van der Waals surface area contributed by atoms with Crippen LogP contribution in [0.2, 0.25) is 0 Å². The quantitative estimate of drug-likeness (QED) is 0.842. The molecule has 0 aliphatic carbocycles. The number of rotatable bonds is 3. The molecule has 1 N–H and O–H groups in total. The van der Waals surface area contributed by atoms with Crippen LogP contribution < -0.4 is 5.32 Å². The van der Waals surface area contributed by atoms with Gasteiger partial charge in [-0.25, -0.2) is 4.98 Å². The number of hydrogen-bond acceptors (Lipinski definition) is 3. The van der Waals surface area contributed by atoms with Crippen LogP contribution in [0, 0.1) is 6.92 Å². The molecule has 2 nitrogen and oxygen atoms in total. The Labute approximate surface area is 110 Å². The summed E-state index contributed by atoms with van der Waals surface area (Å²) in [6.07, 6.45) is 0. The fourth-order valence-electron chi connectivity index (χ4n) is 1.19. The Kier molecular flexibility index (Phi) is 5.06. The summed E-state index contributed by atoms with van der Waals surface area (Å²) in [4.78, 5) is 4.32. The van der Waals surface area contributed by atoms with E-state index in [9.17, 15) is 0 Å².